The van der Waals surface area contributed by atoms with Crippen molar-refractivity contribution in [3.63, 3.8) is 0 Å². The summed E-state index contributed by atoms with van der Waals surface area (Å²) in [6.07, 6.45) is 2.40. The van der Waals surface area contributed by atoms with E-state index in [9.17, 15) is 4.79 Å². The maximum absolute atomic E-state index is 12.9. The molecule has 0 bridgehead atoms. The first kappa shape index (κ1) is 15.1. The smallest absolute Gasteiger partial charge is 0.277 e. The predicted molar refractivity (Wildman–Crippen MR) is 93.6 cm³/mol. The van der Waals surface area contributed by atoms with Crippen LogP contribution < -0.4 is 9.80 Å². The molecule has 24 heavy (non-hydrogen) atoms. The monoisotopic (exact) mass is 323 g/mol. The van der Waals surface area contributed by atoms with Gasteiger partial charge in [0, 0.05) is 44.5 Å². The number of aromatic nitrogens is 2. The van der Waals surface area contributed by atoms with Gasteiger partial charge in [-0.25, -0.2) is 9.97 Å². The fourth-order valence-electron chi connectivity index (χ4n) is 3.36. The second-order valence-corrected chi connectivity index (χ2v) is 6.39. The molecule has 0 spiro atoms. The summed E-state index contributed by atoms with van der Waals surface area (Å²) in [4.78, 5) is 27.8. The average Bonchev–Trinajstić information content (AvgIpc) is 3.06. The fourth-order valence-corrected chi connectivity index (χ4v) is 3.36. The standard InChI is InChI=1S/C18H21N5O/c1-21-8-10-22(11-9-21)17-12-15(19-13-20-17)18(24)23-7-6-14-4-2-3-5-16(14)23/h2-5,12-13H,6-11H2,1H3. The number of nitrogens with zero attached hydrogens (tertiary/aromatic N) is 5. The van der Waals surface area contributed by atoms with Crippen molar-refractivity contribution in [3.8, 4) is 0 Å². The van der Waals surface area contributed by atoms with E-state index in [-0.39, 0.29) is 5.91 Å². The molecule has 1 amide bonds. The summed E-state index contributed by atoms with van der Waals surface area (Å²) in [5.74, 6) is 0.798. The zero-order valence-corrected chi connectivity index (χ0v) is 13.9. The maximum atomic E-state index is 12.9. The third-order valence-electron chi connectivity index (χ3n) is 4.83. The zero-order valence-electron chi connectivity index (χ0n) is 13.9. The molecule has 2 aliphatic heterocycles. The van der Waals surface area contributed by atoms with Gasteiger partial charge in [-0.15, -0.1) is 0 Å². The summed E-state index contributed by atoms with van der Waals surface area (Å²) in [7, 11) is 2.12. The predicted octanol–water partition coefficient (Wildman–Crippen LogP) is 1.43. The molecule has 2 aliphatic rings. The van der Waals surface area contributed by atoms with Crippen molar-refractivity contribution in [1.82, 2.24) is 14.9 Å². The van der Waals surface area contributed by atoms with E-state index in [0.29, 0.717) is 12.2 Å². The summed E-state index contributed by atoms with van der Waals surface area (Å²) in [6.45, 7) is 4.58. The van der Waals surface area contributed by atoms with Gasteiger partial charge in [0.15, 0.2) is 0 Å². The molecule has 3 heterocycles. The van der Waals surface area contributed by atoms with Gasteiger partial charge in [-0.3, -0.25) is 4.79 Å². The number of piperazine rings is 1. The highest BCUT2D eigenvalue weighted by molar-refractivity contribution is 6.06. The van der Waals surface area contributed by atoms with Gasteiger partial charge in [0.05, 0.1) is 0 Å². The molecule has 6 heteroatoms. The van der Waals surface area contributed by atoms with Crippen LogP contribution in [-0.2, 0) is 6.42 Å². The van der Waals surface area contributed by atoms with Gasteiger partial charge in [-0.2, -0.15) is 0 Å². The van der Waals surface area contributed by atoms with Crippen LogP contribution >= 0.6 is 0 Å². The lowest BCUT2D eigenvalue weighted by Crippen LogP contribution is -2.45. The molecule has 0 aliphatic carbocycles. The van der Waals surface area contributed by atoms with Crippen LogP contribution in [0.4, 0.5) is 11.5 Å². The van der Waals surface area contributed by atoms with E-state index < -0.39 is 0 Å². The second kappa shape index (κ2) is 6.20. The first-order chi connectivity index (χ1) is 11.7. The molecule has 0 N–H and O–H groups in total. The van der Waals surface area contributed by atoms with Crippen molar-refractivity contribution in [2.45, 2.75) is 6.42 Å². The molecule has 0 radical (unpaired) electrons. The lowest BCUT2D eigenvalue weighted by atomic mass is 10.2. The van der Waals surface area contributed by atoms with Crippen molar-refractivity contribution in [1.29, 1.82) is 0 Å². The number of likely N-dealkylation sites (N-methyl/N-ethyl adjacent to an activating group) is 1. The number of benzene rings is 1. The minimum Gasteiger partial charge on any atom is -0.354 e. The van der Waals surface area contributed by atoms with Crippen molar-refractivity contribution in [2.75, 3.05) is 49.6 Å². The van der Waals surface area contributed by atoms with E-state index in [2.05, 4.69) is 32.9 Å². The van der Waals surface area contributed by atoms with E-state index in [1.807, 2.05) is 29.2 Å². The van der Waals surface area contributed by atoms with E-state index in [1.165, 1.54) is 11.9 Å². The molecule has 2 aromatic rings. The highest BCUT2D eigenvalue weighted by atomic mass is 16.2. The quantitative estimate of drug-likeness (QED) is 0.837. The van der Waals surface area contributed by atoms with Crippen molar-refractivity contribution >= 4 is 17.4 Å². The van der Waals surface area contributed by atoms with Crippen LogP contribution in [-0.4, -0.2) is 60.5 Å². The van der Waals surface area contributed by atoms with Crippen molar-refractivity contribution in [3.05, 3.63) is 47.9 Å². The zero-order chi connectivity index (χ0) is 16.5. The SMILES string of the molecule is CN1CCN(c2cc(C(=O)N3CCc4ccccc43)ncn2)CC1. The van der Waals surface area contributed by atoms with Crippen LogP contribution in [0.15, 0.2) is 36.7 Å². The van der Waals surface area contributed by atoms with E-state index in [1.54, 1.807) is 0 Å². The number of carbonyl (C=O) groups excluding carboxylic acids is 1. The number of rotatable bonds is 2. The van der Waals surface area contributed by atoms with Crippen LogP contribution in [0.2, 0.25) is 0 Å². The van der Waals surface area contributed by atoms with Crippen molar-refractivity contribution in [2.24, 2.45) is 0 Å². The molecule has 6 nitrogen and oxygen atoms in total. The maximum Gasteiger partial charge on any atom is 0.277 e. The summed E-state index contributed by atoms with van der Waals surface area (Å²) < 4.78 is 0. The molecule has 1 fully saturated rings. The Morgan fingerprint density at radius 3 is 2.67 bits per heavy atom. The van der Waals surface area contributed by atoms with E-state index in [0.717, 1.165) is 44.1 Å². The van der Waals surface area contributed by atoms with E-state index >= 15 is 0 Å². The van der Waals surface area contributed by atoms with Crippen LogP contribution in [0.5, 0.6) is 0 Å². The number of carbonyl (C=O) groups is 1. The van der Waals surface area contributed by atoms with Gasteiger partial charge in [-0.1, -0.05) is 18.2 Å². The molecular weight excluding hydrogens is 302 g/mol. The Morgan fingerprint density at radius 1 is 1.04 bits per heavy atom. The van der Waals surface area contributed by atoms with Gasteiger partial charge < -0.3 is 14.7 Å². The highest BCUT2D eigenvalue weighted by Gasteiger charge is 2.26. The minimum atomic E-state index is -0.0438. The summed E-state index contributed by atoms with van der Waals surface area (Å²) in [5.41, 5.74) is 2.69. The molecule has 4 rings (SSSR count). The Labute approximate surface area is 141 Å². The lowest BCUT2D eigenvalue weighted by Gasteiger charge is -2.33. The van der Waals surface area contributed by atoms with Crippen LogP contribution in [0.25, 0.3) is 0 Å². The van der Waals surface area contributed by atoms with Crippen LogP contribution in [0.3, 0.4) is 0 Å². The average molecular weight is 323 g/mol. The lowest BCUT2D eigenvalue weighted by molar-refractivity contribution is 0.0984. The largest absolute Gasteiger partial charge is 0.354 e. The van der Waals surface area contributed by atoms with Crippen LogP contribution in [0, 0.1) is 0 Å². The molecule has 1 saturated heterocycles. The highest BCUT2D eigenvalue weighted by Crippen LogP contribution is 2.28. The molecule has 124 valence electrons. The Bertz CT molecular complexity index is 755. The summed E-state index contributed by atoms with van der Waals surface area (Å²) >= 11 is 0. The number of para-hydroxylation sites is 1. The number of fused-ring (bicyclic) bond motifs is 1. The van der Waals surface area contributed by atoms with E-state index in [4.69, 9.17) is 0 Å². The Kier molecular flexibility index (Phi) is 3.90. The Balaban J connectivity index is 1.57. The number of hydrogen-bond acceptors (Lipinski definition) is 5. The first-order valence-corrected chi connectivity index (χ1v) is 8.38. The molecule has 1 aromatic carbocycles. The third-order valence-corrected chi connectivity index (χ3v) is 4.83. The normalized spacial score (nSPS) is 17.9. The van der Waals surface area contributed by atoms with Gasteiger partial charge >= 0.3 is 0 Å². The van der Waals surface area contributed by atoms with Crippen molar-refractivity contribution < 1.29 is 4.79 Å². The molecule has 1 aromatic heterocycles. The number of anilines is 2. The second-order valence-electron chi connectivity index (χ2n) is 6.39. The molecular formula is C18H21N5O. The summed E-state index contributed by atoms with van der Waals surface area (Å²) in [6, 6.07) is 9.90. The van der Waals surface area contributed by atoms with Crippen LogP contribution in [0.1, 0.15) is 16.1 Å². The molecule has 0 atom stereocenters. The summed E-state index contributed by atoms with van der Waals surface area (Å²) in [5, 5.41) is 0. The fraction of sp³-hybridized carbons (Fsp3) is 0.389. The molecule has 0 saturated carbocycles. The first-order valence-electron chi connectivity index (χ1n) is 8.38. The van der Waals surface area contributed by atoms with Gasteiger partial charge in [0.1, 0.15) is 17.8 Å². The molecule has 0 unspecified atom stereocenters. The number of hydrogen-bond donors (Lipinski definition) is 0. The van der Waals surface area contributed by atoms with Gasteiger partial charge in [0.25, 0.3) is 5.91 Å². The topological polar surface area (TPSA) is 52.6 Å². The third kappa shape index (κ3) is 2.73. The minimum absolute atomic E-state index is 0.0438. The Morgan fingerprint density at radius 2 is 1.83 bits per heavy atom. The Hall–Kier alpha value is -2.47. The van der Waals surface area contributed by atoms with Gasteiger partial charge in [0.2, 0.25) is 0 Å². The number of amides is 1. The van der Waals surface area contributed by atoms with Gasteiger partial charge in [-0.05, 0) is 25.1 Å².